The number of nitriles is 2. The van der Waals surface area contributed by atoms with Crippen molar-refractivity contribution in [3.8, 4) is 17.8 Å². The van der Waals surface area contributed by atoms with E-state index in [0.29, 0.717) is 32.8 Å². The van der Waals surface area contributed by atoms with Gasteiger partial charge in [-0.3, -0.25) is 9.59 Å². The summed E-state index contributed by atoms with van der Waals surface area (Å²) in [6.45, 7) is 8.10. The number of hydrogen-bond acceptors (Lipinski definition) is 5. The zero-order valence-corrected chi connectivity index (χ0v) is 21.4. The Morgan fingerprint density at radius 3 is 1.87 bits per heavy atom. The summed E-state index contributed by atoms with van der Waals surface area (Å²) in [5, 5.41) is 22.9. The molecule has 6 heteroatoms. The van der Waals surface area contributed by atoms with Gasteiger partial charge in [0.05, 0.1) is 33.7 Å². The molecule has 6 rings (SSSR count). The molecule has 0 aliphatic carbocycles. The number of pyridine rings is 1. The lowest BCUT2D eigenvalue weighted by Crippen LogP contribution is -2.34. The van der Waals surface area contributed by atoms with Gasteiger partial charge in [0.25, 0.3) is 11.1 Å². The van der Waals surface area contributed by atoms with E-state index in [1.54, 1.807) is 12.1 Å². The van der Waals surface area contributed by atoms with Gasteiger partial charge in [-0.15, -0.1) is 0 Å². The Labute approximate surface area is 217 Å². The predicted octanol–water partition coefficient (Wildman–Crippen LogP) is 6.83. The van der Waals surface area contributed by atoms with Crippen molar-refractivity contribution in [1.29, 1.82) is 10.5 Å². The standard InChI is InChI=1S/C32H23N3O3/c1-16(2)20-9-7-10-21(17(3)4)29(20)35-31(36)23-12-18(14-33)26-22-8-5-6-11-25(22)38-30-19(15-34)13-24(32(35)37)27(23)28(26)30/h5-13,16-17H,1-4H3. The lowest BCUT2D eigenvalue weighted by Gasteiger charge is -2.22. The van der Waals surface area contributed by atoms with Crippen LogP contribution in [0.15, 0.2) is 68.6 Å². The van der Waals surface area contributed by atoms with Crippen LogP contribution in [-0.2, 0) is 0 Å². The highest BCUT2D eigenvalue weighted by Crippen LogP contribution is 2.41. The van der Waals surface area contributed by atoms with Crippen molar-refractivity contribution < 1.29 is 4.42 Å². The Bertz CT molecular complexity index is 2090. The summed E-state index contributed by atoms with van der Waals surface area (Å²) >= 11 is 0. The zero-order chi connectivity index (χ0) is 26.9. The van der Waals surface area contributed by atoms with Gasteiger partial charge in [0.2, 0.25) is 0 Å². The molecule has 0 saturated heterocycles. The molecule has 0 aliphatic heterocycles. The van der Waals surface area contributed by atoms with Crippen LogP contribution in [0.4, 0.5) is 0 Å². The molecule has 6 aromatic rings. The van der Waals surface area contributed by atoms with Gasteiger partial charge >= 0.3 is 0 Å². The minimum Gasteiger partial charge on any atom is -0.455 e. The van der Waals surface area contributed by atoms with Gasteiger partial charge in [-0.05, 0) is 41.2 Å². The Morgan fingerprint density at radius 1 is 0.711 bits per heavy atom. The SMILES string of the molecule is CC(C)c1cccc(C(C)C)c1-n1c(=O)c2cc(C#N)c3oc4ccccc4c4c(C#N)cc(c1=O)c2c34. The minimum atomic E-state index is -0.491. The van der Waals surface area contributed by atoms with Crippen molar-refractivity contribution in [2.75, 3.05) is 0 Å². The normalized spacial score (nSPS) is 11.8. The number of fused-ring (bicyclic) bond motifs is 2. The van der Waals surface area contributed by atoms with Crippen LogP contribution in [0.2, 0.25) is 0 Å². The Balaban J connectivity index is 1.95. The summed E-state index contributed by atoms with van der Waals surface area (Å²) in [6.07, 6.45) is 0. The fourth-order valence-electron chi connectivity index (χ4n) is 5.68. The van der Waals surface area contributed by atoms with Gasteiger partial charge in [-0.1, -0.05) is 64.1 Å². The van der Waals surface area contributed by atoms with Gasteiger partial charge in [-0.2, -0.15) is 10.5 Å². The second-order valence-electron chi connectivity index (χ2n) is 10.3. The number of benzene rings is 4. The van der Waals surface area contributed by atoms with Crippen LogP contribution in [0.5, 0.6) is 0 Å². The highest BCUT2D eigenvalue weighted by atomic mass is 16.3. The van der Waals surface area contributed by atoms with Crippen molar-refractivity contribution in [1.82, 2.24) is 4.57 Å². The van der Waals surface area contributed by atoms with E-state index >= 15 is 0 Å². The number of nitrogens with zero attached hydrogens (tertiary/aromatic N) is 3. The molecule has 4 aromatic carbocycles. The minimum absolute atomic E-state index is 0.0512. The quantitative estimate of drug-likeness (QED) is 0.197. The highest BCUT2D eigenvalue weighted by Gasteiger charge is 2.26. The summed E-state index contributed by atoms with van der Waals surface area (Å²) in [7, 11) is 0. The van der Waals surface area contributed by atoms with E-state index in [-0.39, 0.29) is 39.3 Å². The number of aromatic nitrogens is 1. The monoisotopic (exact) mass is 497 g/mol. The summed E-state index contributed by atoms with van der Waals surface area (Å²) in [5.41, 5.74) is 2.59. The maximum atomic E-state index is 14.3. The molecule has 38 heavy (non-hydrogen) atoms. The van der Waals surface area contributed by atoms with Crippen molar-refractivity contribution in [2.24, 2.45) is 0 Å². The molecule has 6 nitrogen and oxygen atoms in total. The lowest BCUT2D eigenvalue weighted by atomic mass is 9.90. The van der Waals surface area contributed by atoms with Crippen LogP contribution >= 0.6 is 0 Å². The van der Waals surface area contributed by atoms with E-state index < -0.39 is 11.1 Å². The summed E-state index contributed by atoms with van der Waals surface area (Å²) in [4.78, 5) is 28.5. The van der Waals surface area contributed by atoms with Crippen LogP contribution in [0, 0.1) is 22.7 Å². The molecule has 2 aromatic heterocycles. The van der Waals surface area contributed by atoms with Crippen molar-refractivity contribution >= 4 is 43.5 Å². The predicted molar refractivity (Wildman–Crippen MR) is 149 cm³/mol. The molecule has 0 unspecified atom stereocenters. The first-order valence-electron chi connectivity index (χ1n) is 12.5. The third-order valence-electron chi connectivity index (χ3n) is 7.40. The van der Waals surface area contributed by atoms with Gasteiger partial charge < -0.3 is 4.42 Å². The van der Waals surface area contributed by atoms with Crippen LogP contribution in [0.3, 0.4) is 0 Å². The van der Waals surface area contributed by atoms with Crippen LogP contribution < -0.4 is 11.1 Å². The molecule has 0 aliphatic rings. The van der Waals surface area contributed by atoms with E-state index in [9.17, 15) is 20.1 Å². The summed E-state index contributed by atoms with van der Waals surface area (Å²) < 4.78 is 7.40. The Hall–Kier alpha value is -4.94. The van der Waals surface area contributed by atoms with Crippen LogP contribution in [0.1, 0.15) is 61.8 Å². The Morgan fingerprint density at radius 2 is 1.29 bits per heavy atom. The second-order valence-corrected chi connectivity index (χ2v) is 10.3. The van der Waals surface area contributed by atoms with Gasteiger partial charge in [0.1, 0.15) is 11.7 Å². The molecule has 0 amide bonds. The smallest absolute Gasteiger partial charge is 0.266 e. The fourth-order valence-corrected chi connectivity index (χ4v) is 5.68. The van der Waals surface area contributed by atoms with Crippen molar-refractivity contribution in [2.45, 2.75) is 39.5 Å². The number of rotatable bonds is 3. The van der Waals surface area contributed by atoms with E-state index in [2.05, 4.69) is 12.1 Å². The average molecular weight is 498 g/mol. The molecule has 0 N–H and O–H groups in total. The highest BCUT2D eigenvalue weighted by molar-refractivity contribution is 6.28. The molecule has 0 bridgehead atoms. The third kappa shape index (κ3) is 3.04. The van der Waals surface area contributed by atoms with Crippen LogP contribution in [-0.4, -0.2) is 4.57 Å². The largest absolute Gasteiger partial charge is 0.455 e. The zero-order valence-electron chi connectivity index (χ0n) is 21.4. The first-order valence-corrected chi connectivity index (χ1v) is 12.5. The Kier molecular flexibility index (Phi) is 5.12. The number of para-hydroxylation sites is 2. The summed E-state index contributed by atoms with van der Waals surface area (Å²) in [5.74, 6) is 0.102. The van der Waals surface area contributed by atoms with Crippen molar-refractivity contribution in [3.05, 3.63) is 97.6 Å². The summed E-state index contributed by atoms with van der Waals surface area (Å²) in [6, 6.07) is 20.6. The molecule has 0 atom stereocenters. The van der Waals surface area contributed by atoms with Gasteiger partial charge in [-0.25, -0.2) is 4.57 Å². The maximum Gasteiger partial charge on any atom is 0.266 e. The average Bonchev–Trinajstić information content (AvgIpc) is 2.92. The van der Waals surface area contributed by atoms with Crippen LogP contribution in [0.25, 0.3) is 49.2 Å². The second kappa shape index (κ2) is 8.30. The fraction of sp³-hybridized carbons (Fsp3) is 0.188. The van der Waals surface area contributed by atoms with E-state index in [4.69, 9.17) is 4.42 Å². The number of hydrogen-bond donors (Lipinski definition) is 0. The molecular formula is C32H23N3O3. The molecule has 2 heterocycles. The molecule has 0 radical (unpaired) electrons. The van der Waals surface area contributed by atoms with Gasteiger partial charge in [0.15, 0.2) is 5.58 Å². The topological polar surface area (TPSA) is 99.8 Å². The van der Waals surface area contributed by atoms with Gasteiger partial charge in [0, 0.05) is 21.5 Å². The third-order valence-corrected chi connectivity index (χ3v) is 7.40. The van der Waals surface area contributed by atoms with E-state index in [0.717, 1.165) is 11.1 Å². The molecule has 0 fully saturated rings. The lowest BCUT2D eigenvalue weighted by molar-refractivity contribution is 0.661. The molecular weight excluding hydrogens is 474 g/mol. The molecule has 184 valence electrons. The first kappa shape index (κ1) is 23.5. The molecule has 0 spiro atoms. The molecule has 0 saturated carbocycles. The van der Waals surface area contributed by atoms with E-state index in [1.807, 2.05) is 64.1 Å². The first-order chi connectivity index (χ1) is 18.3. The van der Waals surface area contributed by atoms with Crippen molar-refractivity contribution in [3.63, 3.8) is 0 Å². The van der Waals surface area contributed by atoms with E-state index in [1.165, 1.54) is 10.6 Å². The maximum absolute atomic E-state index is 14.3.